The van der Waals surface area contributed by atoms with Crippen molar-refractivity contribution in [1.82, 2.24) is 5.32 Å². The van der Waals surface area contributed by atoms with Gasteiger partial charge in [0.25, 0.3) is 0 Å². The van der Waals surface area contributed by atoms with Gasteiger partial charge in [0.15, 0.2) is 0 Å². The number of nitrogens with one attached hydrogen (secondary N) is 1. The van der Waals surface area contributed by atoms with E-state index in [1.807, 2.05) is 0 Å². The highest BCUT2D eigenvalue weighted by molar-refractivity contribution is 4.84. The highest BCUT2D eigenvalue weighted by Gasteiger charge is 2.31. The molecule has 78 valence electrons. The Morgan fingerprint density at radius 3 is 2.54 bits per heavy atom. The summed E-state index contributed by atoms with van der Waals surface area (Å²) in [5, 5.41) is 3.47. The maximum absolute atomic E-state index is 3.47. The highest BCUT2D eigenvalue weighted by atomic mass is 14.9. The topological polar surface area (TPSA) is 12.0 Å². The summed E-state index contributed by atoms with van der Waals surface area (Å²) in [5.74, 6) is 2.76. The molecular weight excluding hydrogens is 158 g/mol. The van der Waals surface area contributed by atoms with Crippen molar-refractivity contribution in [2.75, 3.05) is 7.05 Å². The van der Waals surface area contributed by atoms with E-state index in [0.717, 1.165) is 23.8 Å². The Morgan fingerprint density at radius 1 is 1.31 bits per heavy atom. The van der Waals surface area contributed by atoms with Crippen LogP contribution in [0.3, 0.4) is 0 Å². The lowest BCUT2D eigenvalue weighted by Crippen LogP contribution is -2.40. The van der Waals surface area contributed by atoms with Crippen LogP contribution in [0.2, 0.25) is 0 Å². The Kier molecular flexibility index (Phi) is 4.24. The van der Waals surface area contributed by atoms with Gasteiger partial charge in [-0.15, -0.1) is 0 Å². The summed E-state index contributed by atoms with van der Waals surface area (Å²) in [4.78, 5) is 0. The van der Waals surface area contributed by atoms with Gasteiger partial charge in [0, 0.05) is 6.04 Å². The number of rotatable bonds is 3. The molecule has 0 aromatic rings. The molecule has 0 radical (unpaired) electrons. The van der Waals surface area contributed by atoms with E-state index in [1.165, 1.54) is 25.7 Å². The molecule has 0 bridgehead atoms. The molecule has 4 atom stereocenters. The molecule has 1 nitrogen and oxygen atoms in total. The first kappa shape index (κ1) is 11.0. The van der Waals surface area contributed by atoms with Crippen LogP contribution in [0.25, 0.3) is 0 Å². The van der Waals surface area contributed by atoms with Gasteiger partial charge in [0.05, 0.1) is 0 Å². The summed E-state index contributed by atoms with van der Waals surface area (Å²) >= 11 is 0. The molecule has 1 saturated carbocycles. The molecule has 0 spiro atoms. The molecule has 0 saturated heterocycles. The summed E-state index contributed by atoms with van der Waals surface area (Å²) in [6.45, 7) is 7.15. The molecule has 1 aliphatic carbocycles. The van der Waals surface area contributed by atoms with E-state index in [4.69, 9.17) is 0 Å². The fourth-order valence-electron chi connectivity index (χ4n) is 2.91. The van der Waals surface area contributed by atoms with E-state index in [-0.39, 0.29) is 0 Å². The molecule has 4 unspecified atom stereocenters. The molecule has 0 aromatic carbocycles. The second-order valence-electron chi connectivity index (χ2n) is 4.73. The summed E-state index contributed by atoms with van der Waals surface area (Å²) in [6.07, 6.45) is 5.59. The Labute approximate surface area is 83.3 Å². The van der Waals surface area contributed by atoms with E-state index >= 15 is 0 Å². The third kappa shape index (κ3) is 2.46. The van der Waals surface area contributed by atoms with Crippen LogP contribution in [-0.4, -0.2) is 13.1 Å². The summed E-state index contributed by atoms with van der Waals surface area (Å²) in [6, 6.07) is 0.748. The molecule has 1 aliphatic rings. The minimum Gasteiger partial charge on any atom is -0.317 e. The first-order valence-corrected chi connectivity index (χ1v) is 5.88. The average Bonchev–Trinajstić information content (AvgIpc) is 2.14. The van der Waals surface area contributed by atoms with Crippen LogP contribution in [-0.2, 0) is 0 Å². The summed E-state index contributed by atoms with van der Waals surface area (Å²) < 4.78 is 0. The molecule has 0 aliphatic heterocycles. The number of hydrogen-bond donors (Lipinski definition) is 1. The van der Waals surface area contributed by atoms with Gasteiger partial charge in [-0.2, -0.15) is 0 Å². The monoisotopic (exact) mass is 183 g/mol. The quantitative estimate of drug-likeness (QED) is 0.709. The Balaban J connectivity index is 2.55. The van der Waals surface area contributed by atoms with Gasteiger partial charge in [-0.3, -0.25) is 0 Å². The molecule has 1 rings (SSSR count). The minimum atomic E-state index is 0.748. The van der Waals surface area contributed by atoms with Crippen molar-refractivity contribution in [2.45, 2.75) is 52.5 Å². The van der Waals surface area contributed by atoms with Crippen molar-refractivity contribution < 1.29 is 0 Å². The van der Waals surface area contributed by atoms with Crippen LogP contribution < -0.4 is 5.32 Å². The van der Waals surface area contributed by atoms with Gasteiger partial charge in [-0.05, 0) is 37.6 Å². The lowest BCUT2D eigenvalue weighted by Gasteiger charge is -2.38. The van der Waals surface area contributed by atoms with E-state index in [2.05, 4.69) is 33.1 Å². The van der Waals surface area contributed by atoms with Crippen molar-refractivity contribution in [3.05, 3.63) is 0 Å². The van der Waals surface area contributed by atoms with Crippen LogP contribution in [0.4, 0.5) is 0 Å². The van der Waals surface area contributed by atoms with Gasteiger partial charge in [-0.1, -0.05) is 33.6 Å². The zero-order valence-electron chi connectivity index (χ0n) is 9.64. The summed E-state index contributed by atoms with van der Waals surface area (Å²) in [5.41, 5.74) is 0. The van der Waals surface area contributed by atoms with Gasteiger partial charge >= 0.3 is 0 Å². The van der Waals surface area contributed by atoms with Gasteiger partial charge in [0.1, 0.15) is 0 Å². The smallest absolute Gasteiger partial charge is 0.00923 e. The second kappa shape index (κ2) is 4.99. The summed E-state index contributed by atoms with van der Waals surface area (Å²) in [7, 11) is 2.11. The first-order valence-electron chi connectivity index (χ1n) is 5.88. The molecule has 1 fully saturated rings. The molecule has 0 heterocycles. The lowest BCUT2D eigenvalue weighted by molar-refractivity contribution is 0.141. The van der Waals surface area contributed by atoms with Crippen molar-refractivity contribution in [2.24, 2.45) is 17.8 Å². The maximum Gasteiger partial charge on any atom is 0.00923 e. The fourth-order valence-corrected chi connectivity index (χ4v) is 2.91. The Morgan fingerprint density at radius 2 is 2.00 bits per heavy atom. The number of hydrogen-bond acceptors (Lipinski definition) is 1. The first-order chi connectivity index (χ1) is 6.20. The molecule has 0 aromatic heterocycles. The third-order valence-electron chi connectivity index (χ3n) is 4.10. The van der Waals surface area contributed by atoms with Gasteiger partial charge in [-0.25, -0.2) is 0 Å². The van der Waals surface area contributed by atoms with Crippen LogP contribution in [0.5, 0.6) is 0 Å². The van der Waals surface area contributed by atoms with Crippen LogP contribution >= 0.6 is 0 Å². The van der Waals surface area contributed by atoms with E-state index in [1.54, 1.807) is 0 Å². The fraction of sp³-hybridized carbons (Fsp3) is 1.00. The van der Waals surface area contributed by atoms with Crippen molar-refractivity contribution >= 4 is 0 Å². The molecule has 1 N–H and O–H groups in total. The standard InChI is InChI=1S/C12H25N/c1-5-12(13-4)11-8-6-7-9(2)10(11)3/h9-13H,5-8H2,1-4H3. The van der Waals surface area contributed by atoms with Gasteiger partial charge in [0.2, 0.25) is 0 Å². The van der Waals surface area contributed by atoms with Gasteiger partial charge < -0.3 is 5.32 Å². The highest BCUT2D eigenvalue weighted by Crippen LogP contribution is 2.36. The zero-order chi connectivity index (χ0) is 9.84. The van der Waals surface area contributed by atoms with Crippen molar-refractivity contribution in [3.8, 4) is 0 Å². The maximum atomic E-state index is 3.47. The normalized spacial score (nSPS) is 37.4. The largest absolute Gasteiger partial charge is 0.317 e. The van der Waals surface area contributed by atoms with Crippen molar-refractivity contribution in [3.63, 3.8) is 0 Å². The second-order valence-corrected chi connectivity index (χ2v) is 4.73. The zero-order valence-corrected chi connectivity index (χ0v) is 9.64. The Bertz CT molecular complexity index is 138. The molecular formula is C12H25N. The van der Waals surface area contributed by atoms with Crippen LogP contribution in [0.1, 0.15) is 46.5 Å². The minimum absolute atomic E-state index is 0.748. The van der Waals surface area contributed by atoms with Crippen LogP contribution in [0, 0.1) is 17.8 Å². The average molecular weight is 183 g/mol. The SMILES string of the molecule is CCC(NC)C1CCCC(C)C1C. The van der Waals surface area contributed by atoms with E-state index < -0.39 is 0 Å². The molecule has 1 heteroatoms. The molecule has 13 heavy (non-hydrogen) atoms. The van der Waals surface area contributed by atoms with Crippen LogP contribution in [0.15, 0.2) is 0 Å². The Hall–Kier alpha value is -0.0400. The molecule has 0 amide bonds. The van der Waals surface area contributed by atoms with E-state index in [9.17, 15) is 0 Å². The van der Waals surface area contributed by atoms with E-state index in [0.29, 0.717) is 0 Å². The predicted octanol–water partition coefficient (Wildman–Crippen LogP) is 3.06. The predicted molar refractivity (Wildman–Crippen MR) is 58.8 cm³/mol. The lowest BCUT2D eigenvalue weighted by atomic mass is 9.70. The third-order valence-corrected chi connectivity index (χ3v) is 4.10. The van der Waals surface area contributed by atoms with Crippen molar-refractivity contribution in [1.29, 1.82) is 0 Å².